The molecule has 0 amide bonds. The van der Waals surface area contributed by atoms with Gasteiger partial charge in [-0.2, -0.15) is 0 Å². The zero-order valence-electron chi connectivity index (χ0n) is 28.0. The van der Waals surface area contributed by atoms with Crippen molar-refractivity contribution >= 4 is 5.69 Å². The monoisotopic (exact) mass is 600 g/mol. The molecule has 1 fully saturated rings. The molecule has 1 aromatic heterocycles. The van der Waals surface area contributed by atoms with Crippen molar-refractivity contribution in [1.82, 2.24) is 15.0 Å². The Morgan fingerprint density at radius 3 is 1.80 bits per heavy atom. The van der Waals surface area contributed by atoms with Gasteiger partial charge in [0.25, 0.3) is 0 Å². The lowest BCUT2D eigenvalue weighted by Crippen LogP contribution is -2.33. The standard InChI is InChI=1S/C39H60N4O/c1-3-5-7-9-11-13-15-17-19-34-28-30-42(31-29-34)36-22-20-35(21-23-36)39-33-43(41-40-39)37-24-26-38(27-25-37)44-32-18-16-14-12-10-8-6-4-2/h20-27,33-34H,3-19,28-32H2,1-2H3. The van der Waals surface area contributed by atoms with E-state index in [2.05, 4.69) is 65.5 Å². The number of piperidine rings is 1. The number of ether oxygens (including phenoxy) is 1. The number of rotatable bonds is 22. The van der Waals surface area contributed by atoms with E-state index in [0.29, 0.717) is 0 Å². The maximum absolute atomic E-state index is 5.97. The molecule has 242 valence electrons. The molecule has 1 aliphatic rings. The second-order valence-electron chi connectivity index (χ2n) is 13.1. The molecule has 2 aromatic carbocycles. The molecule has 5 nitrogen and oxygen atoms in total. The van der Waals surface area contributed by atoms with Gasteiger partial charge in [0.2, 0.25) is 0 Å². The van der Waals surface area contributed by atoms with Crippen molar-refractivity contribution < 1.29 is 4.74 Å². The summed E-state index contributed by atoms with van der Waals surface area (Å²) >= 11 is 0. The molecule has 0 atom stereocenters. The van der Waals surface area contributed by atoms with Crippen LogP contribution in [0.2, 0.25) is 0 Å². The number of nitrogens with zero attached hydrogens (tertiary/aromatic N) is 4. The molecule has 1 aliphatic heterocycles. The average Bonchev–Trinajstić information content (AvgIpc) is 3.56. The summed E-state index contributed by atoms with van der Waals surface area (Å²) in [4.78, 5) is 2.56. The number of hydrogen-bond acceptors (Lipinski definition) is 4. The van der Waals surface area contributed by atoms with Crippen molar-refractivity contribution in [3.8, 4) is 22.7 Å². The first-order chi connectivity index (χ1) is 21.8. The maximum Gasteiger partial charge on any atom is 0.119 e. The van der Waals surface area contributed by atoms with Crippen LogP contribution in [-0.2, 0) is 0 Å². The molecular formula is C39H60N4O. The molecule has 0 aliphatic carbocycles. The molecule has 5 heteroatoms. The highest BCUT2D eigenvalue weighted by Crippen LogP contribution is 2.29. The van der Waals surface area contributed by atoms with E-state index >= 15 is 0 Å². The van der Waals surface area contributed by atoms with Gasteiger partial charge in [0.15, 0.2) is 0 Å². The number of anilines is 1. The molecule has 1 saturated heterocycles. The van der Waals surface area contributed by atoms with Crippen molar-refractivity contribution in [2.75, 3.05) is 24.6 Å². The van der Waals surface area contributed by atoms with Crippen LogP contribution in [0.1, 0.15) is 136 Å². The molecule has 3 aromatic rings. The smallest absolute Gasteiger partial charge is 0.119 e. The fraction of sp³-hybridized carbons (Fsp3) is 0.641. The summed E-state index contributed by atoms with van der Waals surface area (Å²) in [5, 5.41) is 8.87. The van der Waals surface area contributed by atoms with Gasteiger partial charge in [0.1, 0.15) is 11.4 Å². The summed E-state index contributed by atoms with van der Waals surface area (Å²) in [7, 11) is 0. The van der Waals surface area contributed by atoms with E-state index < -0.39 is 0 Å². The Kier molecular flexibility index (Phi) is 15.7. The summed E-state index contributed by atoms with van der Waals surface area (Å²) in [6.45, 7) is 7.71. The Morgan fingerprint density at radius 2 is 1.18 bits per heavy atom. The molecule has 4 rings (SSSR count). The van der Waals surface area contributed by atoms with E-state index in [4.69, 9.17) is 4.74 Å². The van der Waals surface area contributed by atoms with Crippen LogP contribution >= 0.6 is 0 Å². The van der Waals surface area contributed by atoms with E-state index in [1.807, 2.05) is 23.0 Å². The number of benzene rings is 2. The Hall–Kier alpha value is -2.82. The van der Waals surface area contributed by atoms with Crippen LogP contribution in [0.25, 0.3) is 16.9 Å². The second-order valence-corrected chi connectivity index (χ2v) is 13.1. The molecule has 44 heavy (non-hydrogen) atoms. The van der Waals surface area contributed by atoms with Gasteiger partial charge >= 0.3 is 0 Å². The van der Waals surface area contributed by atoms with E-state index in [1.54, 1.807) is 0 Å². The quantitative estimate of drug-likeness (QED) is 0.108. The minimum atomic E-state index is 0.787. The summed E-state index contributed by atoms with van der Waals surface area (Å²) < 4.78 is 7.82. The van der Waals surface area contributed by atoms with Crippen LogP contribution in [0.15, 0.2) is 54.7 Å². The summed E-state index contributed by atoms with van der Waals surface area (Å²) in [5.41, 5.74) is 4.33. The zero-order valence-corrected chi connectivity index (χ0v) is 28.0. The van der Waals surface area contributed by atoms with E-state index in [9.17, 15) is 0 Å². The van der Waals surface area contributed by atoms with Crippen LogP contribution in [-0.4, -0.2) is 34.7 Å². The highest BCUT2D eigenvalue weighted by molar-refractivity contribution is 5.62. The lowest BCUT2D eigenvalue weighted by atomic mass is 9.90. The van der Waals surface area contributed by atoms with Crippen LogP contribution < -0.4 is 9.64 Å². The summed E-state index contributed by atoms with van der Waals surface area (Å²) in [6, 6.07) is 17.1. The highest BCUT2D eigenvalue weighted by atomic mass is 16.5. The molecule has 0 spiro atoms. The summed E-state index contributed by atoms with van der Waals surface area (Å²) in [5.74, 6) is 1.83. The van der Waals surface area contributed by atoms with Gasteiger partial charge < -0.3 is 9.64 Å². The molecule has 2 heterocycles. The SMILES string of the molecule is CCCCCCCCCCOc1ccc(-n2cc(-c3ccc(N4CCC(CCCCCCCCCC)CC4)cc3)nn2)cc1. The van der Waals surface area contributed by atoms with Crippen molar-refractivity contribution in [3.05, 3.63) is 54.7 Å². The second kappa shape index (κ2) is 20.3. The first-order valence-corrected chi connectivity index (χ1v) is 18.3. The van der Waals surface area contributed by atoms with Crippen LogP contribution in [0.5, 0.6) is 5.75 Å². The normalized spacial score (nSPS) is 13.9. The summed E-state index contributed by atoms with van der Waals surface area (Å²) in [6.07, 6.45) is 28.0. The van der Waals surface area contributed by atoms with E-state index in [0.717, 1.165) is 41.6 Å². The Labute approximate surface area is 268 Å². The van der Waals surface area contributed by atoms with Crippen molar-refractivity contribution in [2.24, 2.45) is 5.92 Å². The first-order valence-electron chi connectivity index (χ1n) is 18.3. The Bertz CT molecular complexity index is 1130. The fourth-order valence-electron chi connectivity index (χ4n) is 6.53. The van der Waals surface area contributed by atoms with Gasteiger partial charge in [0, 0.05) is 24.3 Å². The third kappa shape index (κ3) is 11.9. The van der Waals surface area contributed by atoms with E-state index in [-0.39, 0.29) is 0 Å². The first kappa shape index (κ1) is 34.1. The van der Waals surface area contributed by atoms with Crippen LogP contribution in [0.3, 0.4) is 0 Å². The topological polar surface area (TPSA) is 43.2 Å². The predicted octanol–water partition coefficient (Wildman–Crippen LogP) is 11.2. The average molecular weight is 601 g/mol. The Morgan fingerprint density at radius 1 is 0.636 bits per heavy atom. The molecule has 0 saturated carbocycles. The van der Waals surface area contributed by atoms with Gasteiger partial charge in [-0.1, -0.05) is 134 Å². The van der Waals surface area contributed by atoms with Gasteiger partial charge in [-0.05, 0) is 61.6 Å². The number of unbranched alkanes of at least 4 members (excludes halogenated alkanes) is 14. The zero-order chi connectivity index (χ0) is 30.7. The van der Waals surface area contributed by atoms with Crippen molar-refractivity contribution in [2.45, 2.75) is 136 Å². The van der Waals surface area contributed by atoms with Gasteiger partial charge in [0.05, 0.1) is 18.5 Å². The minimum absolute atomic E-state index is 0.787. The fourth-order valence-corrected chi connectivity index (χ4v) is 6.53. The maximum atomic E-state index is 5.97. The number of aromatic nitrogens is 3. The van der Waals surface area contributed by atoms with Gasteiger partial charge in [-0.15, -0.1) is 5.10 Å². The molecule has 0 N–H and O–H groups in total. The van der Waals surface area contributed by atoms with Crippen LogP contribution in [0, 0.1) is 5.92 Å². The third-order valence-corrected chi connectivity index (χ3v) is 9.47. The minimum Gasteiger partial charge on any atom is -0.494 e. The number of hydrogen-bond donors (Lipinski definition) is 0. The lowest BCUT2D eigenvalue weighted by molar-refractivity contribution is 0.304. The highest BCUT2D eigenvalue weighted by Gasteiger charge is 2.19. The van der Waals surface area contributed by atoms with E-state index in [1.165, 1.54) is 134 Å². The van der Waals surface area contributed by atoms with Crippen molar-refractivity contribution in [3.63, 3.8) is 0 Å². The molecule has 0 bridgehead atoms. The van der Waals surface area contributed by atoms with Crippen LogP contribution in [0.4, 0.5) is 5.69 Å². The molecule has 0 radical (unpaired) electrons. The lowest BCUT2D eigenvalue weighted by Gasteiger charge is -2.33. The Balaban J connectivity index is 1.13. The van der Waals surface area contributed by atoms with Gasteiger partial charge in [-0.25, -0.2) is 4.68 Å². The predicted molar refractivity (Wildman–Crippen MR) is 187 cm³/mol. The van der Waals surface area contributed by atoms with Gasteiger partial charge in [-0.3, -0.25) is 0 Å². The molecule has 0 unspecified atom stereocenters. The molecular weight excluding hydrogens is 540 g/mol. The largest absolute Gasteiger partial charge is 0.494 e. The third-order valence-electron chi connectivity index (χ3n) is 9.47. The van der Waals surface area contributed by atoms with Crippen molar-refractivity contribution in [1.29, 1.82) is 0 Å².